The molecule has 90 valence electrons. The van der Waals surface area contributed by atoms with Crippen LogP contribution in [0.25, 0.3) is 0 Å². The van der Waals surface area contributed by atoms with E-state index >= 15 is 0 Å². The number of nitrogens with zero attached hydrogens (tertiary/aromatic N) is 1. The number of rotatable bonds is 2. The Bertz CT molecular complexity index is 449. The highest BCUT2D eigenvalue weighted by molar-refractivity contribution is 14.1. The van der Waals surface area contributed by atoms with E-state index in [0.29, 0.717) is 0 Å². The van der Waals surface area contributed by atoms with Gasteiger partial charge in [0.05, 0.1) is 12.6 Å². The minimum Gasteiger partial charge on any atom is -0.443 e. The summed E-state index contributed by atoms with van der Waals surface area (Å²) in [6, 6.07) is 8.64. The van der Waals surface area contributed by atoms with Crippen LogP contribution in [0.3, 0.4) is 0 Å². The number of carbonyl (C=O) groups excluding carboxylic acids is 1. The van der Waals surface area contributed by atoms with E-state index in [1.54, 1.807) is 0 Å². The van der Waals surface area contributed by atoms with Crippen molar-refractivity contribution < 1.29 is 9.53 Å². The Balaban J connectivity index is 1.85. The minimum absolute atomic E-state index is 0.0656. The Morgan fingerprint density at radius 1 is 1.41 bits per heavy atom. The summed E-state index contributed by atoms with van der Waals surface area (Å²) in [6.45, 7) is 0.737. The van der Waals surface area contributed by atoms with E-state index in [2.05, 4.69) is 40.8 Å². The van der Waals surface area contributed by atoms with Gasteiger partial charge < -0.3 is 4.74 Å². The molecule has 0 bridgehead atoms. The summed E-state index contributed by atoms with van der Waals surface area (Å²) in [5, 5.41) is 0. The van der Waals surface area contributed by atoms with Crippen molar-refractivity contribution in [3.05, 3.63) is 35.4 Å². The molecule has 1 fully saturated rings. The van der Waals surface area contributed by atoms with Gasteiger partial charge in [-0.25, -0.2) is 4.79 Å². The molecule has 1 saturated heterocycles. The molecule has 1 aromatic rings. The lowest BCUT2D eigenvalue weighted by Crippen LogP contribution is -2.29. The molecule has 3 nitrogen and oxygen atoms in total. The maximum Gasteiger partial charge on any atom is 0.410 e. The van der Waals surface area contributed by atoms with Crippen molar-refractivity contribution in [3.63, 3.8) is 0 Å². The van der Waals surface area contributed by atoms with Crippen molar-refractivity contribution in [2.24, 2.45) is 0 Å². The van der Waals surface area contributed by atoms with Crippen LogP contribution < -0.4 is 0 Å². The Morgan fingerprint density at radius 2 is 2.24 bits per heavy atom. The zero-order chi connectivity index (χ0) is 11.8. The SMILES string of the molecule is O=C1OC(CI)CN1C1CCc2ccccc21. The number of halogens is 1. The smallest absolute Gasteiger partial charge is 0.410 e. The second-order valence-corrected chi connectivity index (χ2v) is 5.45. The lowest BCUT2D eigenvalue weighted by molar-refractivity contribution is 0.134. The van der Waals surface area contributed by atoms with E-state index in [-0.39, 0.29) is 18.2 Å². The van der Waals surface area contributed by atoms with Gasteiger partial charge in [-0.1, -0.05) is 46.9 Å². The van der Waals surface area contributed by atoms with E-state index in [9.17, 15) is 4.79 Å². The summed E-state index contributed by atoms with van der Waals surface area (Å²) in [5.74, 6) is 0. The molecule has 1 aromatic carbocycles. The number of carbonyl (C=O) groups is 1. The number of benzene rings is 1. The van der Waals surface area contributed by atoms with Gasteiger partial charge in [-0.2, -0.15) is 0 Å². The van der Waals surface area contributed by atoms with Crippen molar-refractivity contribution in [1.29, 1.82) is 0 Å². The molecule has 2 aliphatic rings. The largest absolute Gasteiger partial charge is 0.443 e. The van der Waals surface area contributed by atoms with Gasteiger partial charge in [-0.3, -0.25) is 4.90 Å². The quantitative estimate of drug-likeness (QED) is 0.610. The van der Waals surface area contributed by atoms with Crippen LogP contribution in [0.4, 0.5) is 4.79 Å². The van der Waals surface area contributed by atoms with Crippen LogP contribution >= 0.6 is 22.6 Å². The van der Waals surface area contributed by atoms with Crippen molar-refractivity contribution in [3.8, 4) is 0 Å². The predicted molar refractivity (Wildman–Crippen MR) is 73.4 cm³/mol. The van der Waals surface area contributed by atoms with Crippen molar-refractivity contribution >= 4 is 28.7 Å². The number of hydrogen-bond donors (Lipinski definition) is 0. The zero-order valence-electron chi connectivity index (χ0n) is 9.43. The van der Waals surface area contributed by atoms with Gasteiger partial charge in [0.25, 0.3) is 0 Å². The summed E-state index contributed by atoms with van der Waals surface area (Å²) >= 11 is 2.27. The fourth-order valence-corrected chi connectivity index (χ4v) is 3.19. The third kappa shape index (κ3) is 1.92. The van der Waals surface area contributed by atoms with Crippen LogP contribution in [0.1, 0.15) is 23.6 Å². The number of ether oxygens (including phenoxy) is 1. The summed E-state index contributed by atoms with van der Waals surface area (Å²) < 4.78 is 6.20. The van der Waals surface area contributed by atoms with Crippen molar-refractivity contribution in [2.75, 3.05) is 11.0 Å². The molecule has 17 heavy (non-hydrogen) atoms. The Labute approximate surface area is 114 Å². The molecule has 1 heterocycles. The van der Waals surface area contributed by atoms with Gasteiger partial charge in [0.2, 0.25) is 0 Å². The monoisotopic (exact) mass is 343 g/mol. The third-order valence-electron chi connectivity index (χ3n) is 3.55. The standard InChI is InChI=1S/C13H14INO2/c14-7-10-8-15(13(16)17-10)12-6-5-9-3-1-2-4-11(9)12/h1-4,10,12H,5-8H2. The van der Waals surface area contributed by atoms with Gasteiger partial charge in [0.15, 0.2) is 0 Å². The molecule has 0 saturated carbocycles. The Kier molecular flexibility index (Phi) is 2.98. The first-order valence-corrected chi connectivity index (χ1v) is 7.43. The average Bonchev–Trinajstić information content (AvgIpc) is 2.92. The minimum atomic E-state index is -0.145. The number of hydrogen-bond acceptors (Lipinski definition) is 2. The normalized spacial score (nSPS) is 27.1. The molecule has 0 spiro atoms. The predicted octanol–water partition coefficient (Wildman–Crippen LogP) is 2.93. The molecule has 4 heteroatoms. The highest BCUT2D eigenvalue weighted by Crippen LogP contribution is 2.37. The van der Waals surface area contributed by atoms with Crippen LogP contribution in [0.15, 0.2) is 24.3 Å². The van der Waals surface area contributed by atoms with Gasteiger partial charge >= 0.3 is 6.09 Å². The zero-order valence-corrected chi connectivity index (χ0v) is 11.6. The third-order valence-corrected chi connectivity index (χ3v) is 4.53. The van der Waals surface area contributed by atoms with Crippen LogP contribution in [0, 0.1) is 0 Å². The first-order valence-electron chi connectivity index (χ1n) is 5.90. The number of cyclic esters (lactones) is 1. The van der Waals surface area contributed by atoms with Gasteiger partial charge in [-0.05, 0) is 24.0 Å². The maximum absolute atomic E-state index is 11.8. The summed E-state index contributed by atoms with van der Waals surface area (Å²) in [7, 11) is 0. The molecule has 1 aliphatic carbocycles. The van der Waals surface area contributed by atoms with E-state index in [0.717, 1.165) is 23.8 Å². The first-order chi connectivity index (χ1) is 8.29. The number of aryl methyl sites for hydroxylation is 1. The second-order valence-electron chi connectivity index (χ2n) is 4.57. The lowest BCUT2D eigenvalue weighted by atomic mass is 10.1. The molecule has 0 aromatic heterocycles. The van der Waals surface area contributed by atoms with Crippen molar-refractivity contribution in [1.82, 2.24) is 4.90 Å². The molecule has 3 rings (SSSR count). The summed E-state index contributed by atoms with van der Waals surface area (Å²) in [5.41, 5.74) is 2.68. The highest BCUT2D eigenvalue weighted by atomic mass is 127. The van der Waals surface area contributed by atoms with Gasteiger partial charge in [0, 0.05) is 4.43 Å². The van der Waals surface area contributed by atoms with Crippen LogP contribution in [-0.4, -0.2) is 28.1 Å². The molecule has 2 atom stereocenters. The van der Waals surface area contributed by atoms with Crippen LogP contribution in [-0.2, 0) is 11.2 Å². The number of alkyl halides is 1. The number of amides is 1. The summed E-state index contributed by atoms with van der Waals surface area (Å²) in [4.78, 5) is 13.7. The van der Waals surface area contributed by atoms with Crippen LogP contribution in [0.2, 0.25) is 0 Å². The van der Waals surface area contributed by atoms with Crippen molar-refractivity contribution in [2.45, 2.75) is 25.0 Å². The summed E-state index contributed by atoms with van der Waals surface area (Å²) in [6.07, 6.45) is 2.02. The van der Waals surface area contributed by atoms with E-state index < -0.39 is 0 Å². The molecular weight excluding hydrogens is 329 g/mol. The molecule has 2 unspecified atom stereocenters. The average molecular weight is 343 g/mol. The molecule has 1 amide bonds. The Morgan fingerprint density at radius 3 is 3.00 bits per heavy atom. The van der Waals surface area contributed by atoms with Gasteiger partial charge in [-0.15, -0.1) is 0 Å². The first kappa shape index (κ1) is 11.3. The fourth-order valence-electron chi connectivity index (χ4n) is 2.73. The molecular formula is C13H14INO2. The van der Waals surface area contributed by atoms with E-state index in [4.69, 9.17) is 4.74 Å². The molecule has 0 N–H and O–H groups in total. The molecule has 0 radical (unpaired) electrons. The van der Waals surface area contributed by atoms with Crippen LogP contribution in [0.5, 0.6) is 0 Å². The van der Waals surface area contributed by atoms with E-state index in [1.165, 1.54) is 11.1 Å². The maximum atomic E-state index is 11.8. The molecule has 1 aliphatic heterocycles. The number of fused-ring (bicyclic) bond motifs is 1. The second kappa shape index (κ2) is 4.48. The highest BCUT2D eigenvalue weighted by Gasteiger charge is 2.38. The fraction of sp³-hybridized carbons (Fsp3) is 0.462. The van der Waals surface area contributed by atoms with Gasteiger partial charge in [0.1, 0.15) is 6.10 Å². The lowest BCUT2D eigenvalue weighted by Gasteiger charge is -2.22. The topological polar surface area (TPSA) is 29.5 Å². The van der Waals surface area contributed by atoms with E-state index in [1.807, 2.05) is 11.0 Å². The Hall–Kier alpha value is -0.780.